The molecule has 8 heavy (non-hydrogen) atoms. The molecule has 44 valence electrons. The average Bonchev–Trinajstić information content (AvgIpc) is 1.30. The van der Waals surface area contributed by atoms with E-state index in [1.807, 2.05) is 0 Å². The van der Waals surface area contributed by atoms with E-state index in [0.29, 0.717) is 0 Å². The molecule has 0 spiro atoms. The number of rotatable bonds is 2. The van der Waals surface area contributed by atoms with Crippen molar-refractivity contribution in [2.75, 3.05) is 0 Å². The van der Waals surface area contributed by atoms with Crippen LogP contribution in [0.25, 0.3) is 0 Å². The summed E-state index contributed by atoms with van der Waals surface area (Å²) >= 11 is 0. The zero-order valence-electron chi connectivity index (χ0n) is 5.13. The van der Waals surface area contributed by atoms with Gasteiger partial charge in [-0.2, -0.15) is 0 Å². The summed E-state index contributed by atoms with van der Waals surface area (Å²) < 4.78 is 33.4. The van der Waals surface area contributed by atoms with Crippen LogP contribution in [0.1, 0.15) is 13.3 Å². The van der Waals surface area contributed by atoms with Gasteiger partial charge in [0.25, 0.3) is 0 Å². The first-order chi connectivity index (χ1) is 3.06. The van der Waals surface area contributed by atoms with Gasteiger partial charge >= 0.3 is 58.4 Å². The van der Waals surface area contributed by atoms with E-state index >= 15 is 0 Å². The van der Waals surface area contributed by atoms with Gasteiger partial charge in [-0.05, 0) is 0 Å². The van der Waals surface area contributed by atoms with E-state index in [1.165, 1.54) is 6.92 Å². The fourth-order valence-corrected chi connectivity index (χ4v) is 0.327. The summed E-state index contributed by atoms with van der Waals surface area (Å²) in [5.41, 5.74) is 0. The maximum Gasteiger partial charge on any atom is 1.00 e. The molecule has 0 heterocycles. The fraction of sp³-hybridized carbons (Fsp3) is 1.00. The van der Waals surface area contributed by atoms with Gasteiger partial charge in [-0.1, -0.05) is 19.7 Å². The van der Waals surface area contributed by atoms with Gasteiger partial charge in [-0.15, -0.1) is 0 Å². The van der Waals surface area contributed by atoms with E-state index in [9.17, 15) is 12.9 Å². The molecule has 0 aromatic heterocycles. The number of hydrogen-bond acceptors (Lipinski definition) is 0. The van der Waals surface area contributed by atoms with Crippen molar-refractivity contribution in [3.63, 3.8) is 0 Å². The predicted molar refractivity (Wildman–Crippen MR) is 24.2 cm³/mol. The van der Waals surface area contributed by atoms with E-state index < -0.39 is 13.3 Å². The van der Waals surface area contributed by atoms with Crippen LogP contribution >= 0.6 is 0 Å². The van der Waals surface area contributed by atoms with E-state index in [2.05, 4.69) is 0 Å². The van der Waals surface area contributed by atoms with Gasteiger partial charge < -0.3 is 12.9 Å². The minimum Gasteiger partial charge on any atom is -0.449 e. The van der Waals surface area contributed by atoms with Gasteiger partial charge in [0, 0.05) is 0 Å². The molecule has 0 aromatic carbocycles. The topological polar surface area (TPSA) is 0 Å². The Morgan fingerprint density at radius 3 is 1.62 bits per heavy atom. The van der Waals surface area contributed by atoms with Gasteiger partial charge in [-0.25, -0.2) is 0 Å². The first kappa shape index (κ1) is 12.2. The molecule has 0 amide bonds. The van der Waals surface area contributed by atoms with Crippen LogP contribution < -0.4 is 51.4 Å². The maximum absolute atomic E-state index is 11.1. The van der Waals surface area contributed by atoms with Gasteiger partial charge in [0.15, 0.2) is 0 Å². The van der Waals surface area contributed by atoms with Crippen molar-refractivity contribution in [3.8, 4) is 0 Å². The Morgan fingerprint density at radius 2 is 1.62 bits per heavy atom. The van der Waals surface area contributed by atoms with Crippen LogP contribution in [0.5, 0.6) is 0 Å². The van der Waals surface area contributed by atoms with E-state index in [-0.39, 0.29) is 57.8 Å². The van der Waals surface area contributed by atoms with Crippen molar-refractivity contribution in [3.05, 3.63) is 0 Å². The summed E-state index contributed by atoms with van der Waals surface area (Å²) in [6, 6.07) is 0. The third kappa shape index (κ3) is 10.5. The number of halogens is 3. The molecule has 0 rings (SSSR count). The summed E-state index contributed by atoms with van der Waals surface area (Å²) in [4.78, 5) is 0. The molecule has 0 aliphatic carbocycles. The zero-order chi connectivity index (χ0) is 5.91. The smallest absolute Gasteiger partial charge is 0.449 e. The van der Waals surface area contributed by atoms with Crippen molar-refractivity contribution in [1.82, 2.24) is 0 Å². The van der Waals surface area contributed by atoms with E-state index in [0.717, 1.165) is 0 Å². The van der Waals surface area contributed by atoms with Gasteiger partial charge in [0.05, 0.1) is 0 Å². The monoisotopic (exact) mass is 150 g/mol. The quantitative estimate of drug-likeness (QED) is 0.454. The second kappa shape index (κ2) is 5.29. The zero-order valence-corrected chi connectivity index (χ0v) is 8.25. The van der Waals surface area contributed by atoms with Crippen LogP contribution in [0.4, 0.5) is 12.9 Å². The largest absolute Gasteiger partial charge is 1.00 e. The molecule has 0 unspecified atom stereocenters. The van der Waals surface area contributed by atoms with Crippen LogP contribution in [0.3, 0.4) is 0 Å². The van der Waals surface area contributed by atoms with Crippen molar-refractivity contribution in [2.24, 2.45) is 0 Å². The Balaban J connectivity index is 0. The van der Waals surface area contributed by atoms with Crippen LogP contribution in [0.15, 0.2) is 0 Å². The molecule has 0 nitrogen and oxygen atoms in total. The van der Waals surface area contributed by atoms with Crippen molar-refractivity contribution >= 4 is 6.98 Å². The first-order valence-corrected chi connectivity index (χ1v) is 2.27. The third-order valence-corrected chi connectivity index (χ3v) is 0.616. The Labute approximate surface area is 89.7 Å². The van der Waals surface area contributed by atoms with Crippen LogP contribution in [0, 0.1) is 0 Å². The Kier molecular flexibility index (Phi) is 8.06. The SMILES string of the molecule is CCC[B-](F)(F)F.[K+]. The van der Waals surface area contributed by atoms with Gasteiger partial charge in [0.2, 0.25) is 0 Å². The molecule has 0 aromatic rings. The molecule has 0 aliphatic rings. The second-order valence-electron chi connectivity index (χ2n) is 1.50. The fourth-order valence-electron chi connectivity index (χ4n) is 0.327. The molecule has 0 atom stereocenters. The Bertz CT molecular complexity index is 53.0. The van der Waals surface area contributed by atoms with E-state index in [4.69, 9.17) is 0 Å². The minimum absolute atomic E-state index is 0. The summed E-state index contributed by atoms with van der Waals surface area (Å²) in [5, 5.41) is 0. The van der Waals surface area contributed by atoms with Gasteiger partial charge in [0.1, 0.15) is 0 Å². The second-order valence-corrected chi connectivity index (χ2v) is 1.50. The molecule has 0 fully saturated rings. The predicted octanol–water partition coefficient (Wildman–Crippen LogP) is -0.752. The molecule has 0 radical (unpaired) electrons. The first-order valence-electron chi connectivity index (χ1n) is 2.27. The van der Waals surface area contributed by atoms with Gasteiger partial charge in [-0.3, -0.25) is 0 Å². The van der Waals surface area contributed by atoms with Crippen molar-refractivity contribution in [1.29, 1.82) is 0 Å². The molecule has 0 N–H and O–H groups in total. The Morgan fingerprint density at radius 1 is 1.25 bits per heavy atom. The average molecular weight is 150 g/mol. The molecule has 0 aliphatic heterocycles. The van der Waals surface area contributed by atoms with Crippen LogP contribution in [-0.2, 0) is 0 Å². The summed E-state index contributed by atoms with van der Waals surface area (Å²) in [7, 11) is 0. The minimum atomic E-state index is -4.49. The Hall–Kier alpha value is 1.49. The third-order valence-electron chi connectivity index (χ3n) is 0.616. The number of hydrogen-bond donors (Lipinski definition) is 0. The standard InChI is InChI=1S/C3H7BF3.K/c1-2-3-4(5,6)7;/h2-3H2,1H3;/q-1;+1. The molecular formula is C3H7BF3K. The molecule has 5 heteroatoms. The molecule has 0 bridgehead atoms. The normalized spacial score (nSPS) is 10.5. The van der Waals surface area contributed by atoms with E-state index in [1.54, 1.807) is 0 Å². The van der Waals surface area contributed by atoms with Crippen LogP contribution in [-0.4, -0.2) is 6.98 Å². The van der Waals surface area contributed by atoms with Crippen molar-refractivity contribution < 1.29 is 64.3 Å². The maximum atomic E-state index is 11.1. The summed E-state index contributed by atoms with van der Waals surface area (Å²) in [6.07, 6.45) is -0.385. The molecular weight excluding hydrogens is 143 g/mol. The van der Waals surface area contributed by atoms with Crippen LogP contribution in [0.2, 0.25) is 6.32 Å². The molecule has 0 saturated carbocycles. The van der Waals surface area contributed by atoms with Crippen molar-refractivity contribution in [2.45, 2.75) is 19.7 Å². The summed E-state index contributed by atoms with van der Waals surface area (Å²) in [5.74, 6) is 0. The summed E-state index contributed by atoms with van der Waals surface area (Å²) in [6.45, 7) is -2.97. The molecule has 0 saturated heterocycles.